The van der Waals surface area contributed by atoms with Gasteiger partial charge in [-0.1, -0.05) is 46.3 Å². The Morgan fingerprint density at radius 1 is 1.05 bits per heavy atom. The predicted molar refractivity (Wildman–Crippen MR) is 88.5 cm³/mol. The van der Waals surface area contributed by atoms with Crippen LogP contribution in [0.3, 0.4) is 0 Å². The van der Waals surface area contributed by atoms with Gasteiger partial charge in [-0.2, -0.15) is 0 Å². The van der Waals surface area contributed by atoms with Gasteiger partial charge < -0.3 is 14.8 Å². The number of ether oxygens (including phenoxy) is 2. The van der Waals surface area contributed by atoms with Crippen molar-refractivity contribution in [1.29, 1.82) is 0 Å². The smallest absolute Gasteiger partial charge is 0.120 e. The van der Waals surface area contributed by atoms with E-state index in [2.05, 4.69) is 33.4 Å². The third-order valence-corrected chi connectivity index (χ3v) is 3.57. The second kappa shape index (κ2) is 8.82. The maximum Gasteiger partial charge on any atom is 0.120 e. The molecule has 0 saturated heterocycles. The Labute approximate surface area is 134 Å². The fourth-order valence-electron chi connectivity index (χ4n) is 2.05. The van der Waals surface area contributed by atoms with Crippen LogP contribution in [0.15, 0.2) is 53.0 Å². The van der Waals surface area contributed by atoms with Crippen molar-refractivity contribution in [3.05, 3.63) is 64.1 Å². The molecule has 1 N–H and O–H groups in total. The predicted octanol–water partition coefficient (Wildman–Crippen LogP) is 3.76. The van der Waals surface area contributed by atoms with E-state index in [0.717, 1.165) is 23.3 Å². The molecule has 2 aromatic carbocycles. The summed E-state index contributed by atoms with van der Waals surface area (Å²) in [7, 11) is 1.72. The van der Waals surface area contributed by atoms with Crippen molar-refractivity contribution >= 4 is 15.9 Å². The lowest BCUT2D eigenvalue weighted by atomic mass is 10.1. The maximum atomic E-state index is 5.69. The van der Waals surface area contributed by atoms with Gasteiger partial charge in [-0.15, -0.1) is 0 Å². The molecule has 0 unspecified atom stereocenters. The van der Waals surface area contributed by atoms with Crippen molar-refractivity contribution < 1.29 is 9.47 Å². The van der Waals surface area contributed by atoms with E-state index < -0.39 is 0 Å². The third kappa shape index (κ3) is 5.50. The molecular formula is C17H20BrNO2. The Morgan fingerprint density at radius 3 is 2.62 bits per heavy atom. The first-order chi connectivity index (χ1) is 10.3. The Morgan fingerprint density at radius 2 is 1.86 bits per heavy atom. The highest BCUT2D eigenvalue weighted by Crippen LogP contribution is 2.17. The molecular weight excluding hydrogens is 330 g/mol. The number of rotatable bonds is 8. The highest BCUT2D eigenvalue weighted by molar-refractivity contribution is 9.10. The minimum absolute atomic E-state index is 0.642. The van der Waals surface area contributed by atoms with E-state index in [1.807, 2.05) is 36.4 Å². The molecule has 3 nitrogen and oxygen atoms in total. The Balaban J connectivity index is 1.72. The first-order valence-electron chi connectivity index (χ1n) is 6.94. The molecule has 0 atom stereocenters. The maximum absolute atomic E-state index is 5.69. The van der Waals surface area contributed by atoms with Gasteiger partial charge in [0, 0.05) is 24.7 Å². The average molecular weight is 350 g/mol. The quantitative estimate of drug-likeness (QED) is 0.736. The molecule has 2 aromatic rings. The minimum Gasteiger partial charge on any atom is -0.492 e. The molecule has 0 fully saturated rings. The number of nitrogens with one attached hydrogen (secondary N) is 1. The van der Waals surface area contributed by atoms with Crippen molar-refractivity contribution in [2.45, 2.75) is 13.2 Å². The summed E-state index contributed by atoms with van der Waals surface area (Å²) in [6.45, 7) is 2.91. The summed E-state index contributed by atoms with van der Waals surface area (Å²) in [6.07, 6.45) is 0. The summed E-state index contributed by atoms with van der Waals surface area (Å²) in [5, 5.41) is 3.39. The van der Waals surface area contributed by atoms with E-state index in [1.54, 1.807) is 7.11 Å². The van der Waals surface area contributed by atoms with Crippen molar-refractivity contribution in [3.63, 3.8) is 0 Å². The molecule has 4 heteroatoms. The normalized spacial score (nSPS) is 10.6. The number of benzene rings is 2. The molecule has 0 saturated carbocycles. The second-order valence-corrected chi connectivity index (χ2v) is 5.60. The molecule has 0 heterocycles. The summed E-state index contributed by atoms with van der Waals surface area (Å²) >= 11 is 3.43. The topological polar surface area (TPSA) is 30.5 Å². The van der Waals surface area contributed by atoms with Crippen LogP contribution in [0.25, 0.3) is 0 Å². The molecule has 0 amide bonds. The van der Waals surface area contributed by atoms with Crippen molar-refractivity contribution in [1.82, 2.24) is 5.32 Å². The first kappa shape index (κ1) is 16.0. The van der Waals surface area contributed by atoms with Crippen LogP contribution in [0, 0.1) is 0 Å². The zero-order chi connectivity index (χ0) is 14.9. The number of hydrogen-bond donors (Lipinski definition) is 1. The number of halogens is 1. The van der Waals surface area contributed by atoms with Crippen LogP contribution in [-0.2, 0) is 17.9 Å². The standard InChI is InChI=1S/C17H20BrNO2/c1-20-13-15-6-3-2-5-14(15)12-19-9-10-21-17-8-4-7-16(18)11-17/h2-8,11,19H,9-10,12-13H2,1H3. The molecule has 0 aromatic heterocycles. The zero-order valence-electron chi connectivity index (χ0n) is 12.1. The van der Waals surface area contributed by atoms with Crippen LogP contribution in [-0.4, -0.2) is 20.3 Å². The Hall–Kier alpha value is -1.36. The summed E-state index contributed by atoms with van der Waals surface area (Å²) in [6, 6.07) is 16.2. The van der Waals surface area contributed by atoms with Crippen LogP contribution < -0.4 is 10.1 Å². The van der Waals surface area contributed by atoms with Crippen molar-refractivity contribution in [2.24, 2.45) is 0 Å². The largest absolute Gasteiger partial charge is 0.492 e. The Kier molecular flexibility index (Phi) is 6.73. The average Bonchev–Trinajstić information content (AvgIpc) is 2.49. The number of hydrogen-bond acceptors (Lipinski definition) is 3. The SMILES string of the molecule is COCc1ccccc1CNCCOc1cccc(Br)c1. The van der Waals surface area contributed by atoms with Gasteiger partial charge in [-0.05, 0) is 29.3 Å². The lowest BCUT2D eigenvalue weighted by Gasteiger charge is -2.11. The van der Waals surface area contributed by atoms with Gasteiger partial charge in [0.2, 0.25) is 0 Å². The monoisotopic (exact) mass is 349 g/mol. The molecule has 0 aliphatic rings. The van der Waals surface area contributed by atoms with Crippen molar-refractivity contribution in [3.8, 4) is 5.75 Å². The highest BCUT2D eigenvalue weighted by Gasteiger charge is 2.01. The third-order valence-electron chi connectivity index (χ3n) is 3.08. The highest BCUT2D eigenvalue weighted by atomic mass is 79.9. The van der Waals surface area contributed by atoms with Gasteiger partial charge in [-0.3, -0.25) is 0 Å². The second-order valence-electron chi connectivity index (χ2n) is 4.68. The van der Waals surface area contributed by atoms with E-state index in [0.29, 0.717) is 13.2 Å². The zero-order valence-corrected chi connectivity index (χ0v) is 13.7. The van der Waals surface area contributed by atoms with Gasteiger partial charge >= 0.3 is 0 Å². The van der Waals surface area contributed by atoms with Gasteiger partial charge in [0.25, 0.3) is 0 Å². The summed E-state index contributed by atoms with van der Waals surface area (Å²) < 4.78 is 11.9. The van der Waals surface area contributed by atoms with Gasteiger partial charge in [0.15, 0.2) is 0 Å². The summed E-state index contributed by atoms with van der Waals surface area (Å²) in [5.41, 5.74) is 2.49. The summed E-state index contributed by atoms with van der Waals surface area (Å²) in [4.78, 5) is 0. The van der Waals surface area contributed by atoms with Crippen molar-refractivity contribution in [2.75, 3.05) is 20.3 Å². The van der Waals surface area contributed by atoms with Gasteiger partial charge in [-0.25, -0.2) is 0 Å². The summed E-state index contributed by atoms with van der Waals surface area (Å²) in [5.74, 6) is 0.881. The molecule has 0 aliphatic carbocycles. The van der Waals surface area contributed by atoms with Crippen LogP contribution in [0.5, 0.6) is 5.75 Å². The fraction of sp³-hybridized carbons (Fsp3) is 0.294. The van der Waals surface area contributed by atoms with E-state index in [1.165, 1.54) is 11.1 Å². The molecule has 21 heavy (non-hydrogen) atoms. The molecule has 0 aliphatic heterocycles. The lowest BCUT2D eigenvalue weighted by molar-refractivity contribution is 0.184. The molecule has 2 rings (SSSR count). The fourth-order valence-corrected chi connectivity index (χ4v) is 2.43. The van der Waals surface area contributed by atoms with Crippen LogP contribution in [0.1, 0.15) is 11.1 Å². The van der Waals surface area contributed by atoms with Crippen LogP contribution in [0.2, 0.25) is 0 Å². The Bertz CT molecular complexity index is 560. The first-order valence-corrected chi connectivity index (χ1v) is 7.73. The van der Waals surface area contributed by atoms with E-state index in [4.69, 9.17) is 9.47 Å². The molecule has 112 valence electrons. The lowest BCUT2D eigenvalue weighted by Crippen LogP contribution is -2.21. The van der Waals surface area contributed by atoms with Crippen LogP contribution in [0.4, 0.5) is 0 Å². The van der Waals surface area contributed by atoms with Gasteiger partial charge in [0.05, 0.1) is 6.61 Å². The minimum atomic E-state index is 0.642. The molecule has 0 spiro atoms. The molecule has 0 radical (unpaired) electrons. The van der Waals surface area contributed by atoms with E-state index in [-0.39, 0.29) is 0 Å². The molecule has 0 bridgehead atoms. The van der Waals surface area contributed by atoms with E-state index in [9.17, 15) is 0 Å². The van der Waals surface area contributed by atoms with Gasteiger partial charge in [0.1, 0.15) is 12.4 Å². The van der Waals surface area contributed by atoms with Crippen LogP contribution >= 0.6 is 15.9 Å². The van der Waals surface area contributed by atoms with E-state index >= 15 is 0 Å². The number of methoxy groups -OCH3 is 1.